The molecule has 1 aromatic carbocycles. The molecule has 0 atom stereocenters. The maximum Gasteiger partial charge on any atom is 0.329 e. The van der Waals surface area contributed by atoms with Crippen LogP contribution in [0.5, 0.6) is 0 Å². The lowest BCUT2D eigenvalue weighted by Crippen LogP contribution is -2.43. The van der Waals surface area contributed by atoms with E-state index in [0.29, 0.717) is 12.8 Å². The Kier molecular flexibility index (Phi) is 3.05. The number of hydrogen-bond donors (Lipinski definition) is 2. The molecule has 0 unspecified atom stereocenters. The third kappa shape index (κ3) is 2.25. The lowest BCUT2D eigenvalue weighted by atomic mass is 9.97. The van der Waals surface area contributed by atoms with E-state index in [1.54, 1.807) is 19.1 Å². The number of halogens is 1. The van der Waals surface area contributed by atoms with Crippen LogP contribution in [0, 0.1) is 12.7 Å². The smallest absolute Gasteiger partial charge is 0.329 e. The number of aliphatic carboxylic acids is 1. The summed E-state index contributed by atoms with van der Waals surface area (Å²) in [5.41, 5.74) is 0.111. The van der Waals surface area contributed by atoms with E-state index >= 15 is 0 Å². The number of carboxylic acids is 1. The van der Waals surface area contributed by atoms with E-state index in [-0.39, 0.29) is 5.69 Å². The molecule has 2 N–H and O–H groups in total. The zero-order valence-electron chi connectivity index (χ0n) is 9.79. The molecule has 0 radical (unpaired) electrons. The fraction of sp³-hybridized carbons (Fsp3) is 0.462. The molecular weight excluding hydrogens is 221 g/mol. The molecular formula is C13H16FNO2. The Morgan fingerprint density at radius 2 is 2.06 bits per heavy atom. The van der Waals surface area contributed by atoms with Crippen LogP contribution in [0.2, 0.25) is 0 Å². The zero-order chi connectivity index (χ0) is 12.5. The predicted octanol–water partition coefficient (Wildman–Crippen LogP) is 2.94. The van der Waals surface area contributed by atoms with E-state index in [2.05, 4.69) is 5.32 Å². The van der Waals surface area contributed by atoms with Gasteiger partial charge in [0.2, 0.25) is 0 Å². The highest BCUT2D eigenvalue weighted by Crippen LogP contribution is 2.34. The highest BCUT2D eigenvalue weighted by molar-refractivity contribution is 5.83. The Morgan fingerprint density at radius 3 is 2.59 bits per heavy atom. The maximum absolute atomic E-state index is 13.7. The van der Waals surface area contributed by atoms with Crippen molar-refractivity contribution in [2.24, 2.45) is 0 Å². The first-order chi connectivity index (χ1) is 8.03. The molecule has 1 fully saturated rings. The Labute approximate surface area is 99.7 Å². The van der Waals surface area contributed by atoms with Gasteiger partial charge in [-0.25, -0.2) is 9.18 Å². The van der Waals surface area contributed by atoms with Crippen LogP contribution in [-0.2, 0) is 4.79 Å². The van der Waals surface area contributed by atoms with Gasteiger partial charge in [0.05, 0.1) is 5.69 Å². The summed E-state index contributed by atoms with van der Waals surface area (Å²) in [5, 5.41) is 12.2. The number of rotatable bonds is 3. The van der Waals surface area contributed by atoms with E-state index < -0.39 is 17.3 Å². The molecule has 0 aromatic heterocycles. The molecule has 1 saturated carbocycles. The zero-order valence-corrected chi connectivity index (χ0v) is 9.79. The van der Waals surface area contributed by atoms with Gasteiger partial charge in [-0.3, -0.25) is 0 Å². The fourth-order valence-corrected chi connectivity index (χ4v) is 2.35. The third-order valence-electron chi connectivity index (χ3n) is 3.37. The van der Waals surface area contributed by atoms with E-state index in [1.165, 1.54) is 6.07 Å². The minimum atomic E-state index is -0.990. The van der Waals surface area contributed by atoms with Gasteiger partial charge >= 0.3 is 5.97 Å². The summed E-state index contributed by atoms with van der Waals surface area (Å²) < 4.78 is 13.7. The quantitative estimate of drug-likeness (QED) is 0.849. The van der Waals surface area contributed by atoms with E-state index in [1.807, 2.05) is 0 Å². The summed E-state index contributed by atoms with van der Waals surface area (Å²) in [4.78, 5) is 11.3. The monoisotopic (exact) mass is 237 g/mol. The number of hydrogen-bond acceptors (Lipinski definition) is 2. The Hall–Kier alpha value is -1.58. The SMILES string of the molecule is Cc1ccc(NC2(C(=O)O)CCCC2)c(F)c1. The Balaban J connectivity index is 2.26. The molecule has 17 heavy (non-hydrogen) atoms. The van der Waals surface area contributed by atoms with Gasteiger partial charge in [0.15, 0.2) is 0 Å². The number of benzene rings is 1. The van der Waals surface area contributed by atoms with E-state index in [9.17, 15) is 14.3 Å². The molecule has 1 aromatic rings. The number of carboxylic acid groups (broad SMARTS) is 1. The van der Waals surface area contributed by atoms with Crippen LogP contribution in [0.15, 0.2) is 18.2 Å². The minimum absolute atomic E-state index is 0.278. The average Bonchev–Trinajstić information content (AvgIpc) is 2.72. The lowest BCUT2D eigenvalue weighted by molar-refractivity contribution is -0.142. The van der Waals surface area contributed by atoms with Crippen molar-refractivity contribution in [3.05, 3.63) is 29.6 Å². The van der Waals surface area contributed by atoms with Crippen molar-refractivity contribution in [3.8, 4) is 0 Å². The second-order valence-corrected chi connectivity index (χ2v) is 4.70. The van der Waals surface area contributed by atoms with Crippen LogP contribution in [0.3, 0.4) is 0 Å². The summed E-state index contributed by atoms with van der Waals surface area (Å²) in [6.07, 6.45) is 2.84. The second-order valence-electron chi connectivity index (χ2n) is 4.70. The Morgan fingerprint density at radius 1 is 1.41 bits per heavy atom. The molecule has 0 heterocycles. The predicted molar refractivity (Wildman–Crippen MR) is 63.6 cm³/mol. The van der Waals surface area contributed by atoms with Gasteiger partial charge in [-0.05, 0) is 37.5 Å². The summed E-state index contributed by atoms with van der Waals surface area (Å²) in [6.45, 7) is 1.80. The molecule has 1 aliphatic carbocycles. The molecule has 0 saturated heterocycles. The summed E-state index contributed by atoms with van der Waals surface area (Å²) >= 11 is 0. The number of carbonyl (C=O) groups is 1. The summed E-state index contributed by atoms with van der Waals surface area (Å²) in [6, 6.07) is 4.79. The molecule has 0 amide bonds. The largest absolute Gasteiger partial charge is 0.480 e. The van der Waals surface area contributed by atoms with Gasteiger partial charge in [0.25, 0.3) is 0 Å². The van der Waals surface area contributed by atoms with Crippen molar-refractivity contribution in [2.45, 2.75) is 38.1 Å². The van der Waals surface area contributed by atoms with Gasteiger partial charge < -0.3 is 10.4 Å². The van der Waals surface area contributed by atoms with Crippen molar-refractivity contribution in [2.75, 3.05) is 5.32 Å². The summed E-state index contributed by atoms with van der Waals surface area (Å²) in [7, 11) is 0. The van der Waals surface area contributed by atoms with Crippen molar-refractivity contribution in [1.29, 1.82) is 0 Å². The van der Waals surface area contributed by atoms with Crippen molar-refractivity contribution < 1.29 is 14.3 Å². The van der Waals surface area contributed by atoms with E-state index in [4.69, 9.17) is 0 Å². The molecule has 1 aliphatic rings. The third-order valence-corrected chi connectivity index (χ3v) is 3.37. The number of anilines is 1. The van der Waals surface area contributed by atoms with Crippen LogP contribution in [0.25, 0.3) is 0 Å². The van der Waals surface area contributed by atoms with Crippen LogP contribution in [0.1, 0.15) is 31.2 Å². The highest BCUT2D eigenvalue weighted by atomic mass is 19.1. The van der Waals surface area contributed by atoms with Crippen LogP contribution < -0.4 is 5.32 Å². The standard InChI is InChI=1S/C13H16FNO2/c1-9-4-5-11(10(14)8-9)15-13(12(16)17)6-2-3-7-13/h4-5,8,15H,2-3,6-7H2,1H3,(H,16,17). The van der Waals surface area contributed by atoms with Gasteiger partial charge in [-0.2, -0.15) is 0 Å². The molecule has 2 rings (SSSR count). The van der Waals surface area contributed by atoms with Crippen LogP contribution >= 0.6 is 0 Å². The molecule has 0 spiro atoms. The van der Waals surface area contributed by atoms with Crippen LogP contribution in [0.4, 0.5) is 10.1 Å². The Bertz CT molecular complexity index is 439. The van der Waals surface area contributed by atoms with Crippen molar-refractivity contribution in [3.63, 3.8) is 0 Å². The highest BCUT2D eigenvalue weighted by Gasteiger charge is 2.41. The molecule has 0 bridgehead atoms. The lowest BCUT2D eigenvalue weighted by Gasteiger charge is -2.26. The van der Waals surface area contributed by atoms with Gasteiger partial charge in [0.1, 0.15) is 11.4 Å². The minimum Gasteiger partial charge on any atom is -0.480 e. The first-order valence-corrected chi connectivity index (χ1v) is 5.81. The molecule has 0 aliphatic heterocycles. The van der Waals surface area contributed by atoms with Gasteiger partial charge in [0, 0.05) is 0 Å². The molecule has 92 valence electrons. The normalized spacial score (nSPS) is 18.0. The van der Waals surface area contributed by atoms with Crippen LogP contribution in [-0.4, -0.2) is 16.6 Å². The molecule has 3 nitrogen and oxygen atoms in total. The maximum atomic E-state index is 13.7. The topological polar surface area (TPSA) is 49.3 Å². The first kappa shape index (κ1) is 11.9. The number of aryl methyl sites for hydroxylation is 1. The average molecular weight is 237 g/mol. The second kappa shape index (κ2) is 4.35. The molecule has 4 heteroatoms. The number of nitrogens with one attached hydrogen (secondary N) is 1. The first-order valence-electron chi connectivity index (χ1n) is 5.81. The van der Waals surface area contributed by atoms with Crippen molar-refractivity contribution in [1.82, 2.24) is 0 Å². The van der Waals surface area contributed by atoms with Crippen molar-refractivity contribution >= 4 is 11.7 Å². The fourth-order valence-electron chi connectivity index (χ4n) is 2.35. The summed E-state index contributed by atoms with van der Waals surface area (Å²) in [5.74, 6) is -1.28. The van der Waals surface area contributed by atoms with E-state index in [0.717, 1.165) is 18.4 Å². The van der Waals surface area contributed by atoms with Gasteiger partial charge in [-0.1, -0.05) is 18.9 Å². The van der Waals surface area contributed by atoms with Gasteiger partial charge in [-0.15, -0.1) is 0 Å².